The summed E-state index contributed by atoms with van der Waals surface area (Å²) in [5.41, 5.74) is 0. The van der Waals surface area contributed by atoms with E-state index in [1.807, 2.05) is 0 Å². The zero-order chi connectivity index (χ0) is 9.71. The van der Waals surface area contributed by atoms with E-state index < -0.39 is 27.2 Å². The average molecular weight is 256 g/mol. The van der Waals surface area contributed by atoms with Gasteiger partial charge in [-0.1, -0.05) is 0 Å². The van der Waals surface area contributed by atoms with Crippen LogP contribution in [0.25, 0.3) is 0 Å². The summed E-state index contributed by atoms with van der Waals surface area (Å²) in [6.45, 7) is 0. The Morgan fingerprint density at radius 1 is 1.00 bits per heavy atom. The Bertz CT molecular complexity index is 242. The first-order valence-electron chi connectivity index (χ1n) is 2.37. The molecule has 0 aromatic carbocycles. The van der Waals surface area contributed by atoms with Crippen molar-refractivity contribution in [2.75, 3.05) is 0 Å². The van der Waals surface area contributed by atoms with Gasteiger partial charge < -0.3 is 0 Å². The Morgan fingerprint density at radius 2 is 1.18 bits per heavy atom. The van der Waals surface area contributed by atoms with E-state index in [1.165, 1.54) is 27.9 Å². The fourth-order valence-corrected chi connectivity index (χ4v) is 1.85. The minimum absolute atomic E-state index is 1.31. The molecular weight excluding hydrogens is 251 g/mol. The van der Waals surface area contributed by atoms with Crippen LogP contribution in [0, 0.1) is 0 Å². The van der Waals surface area contributed by atoms with E-state index in [-0.39, 0.29) is 0 Å². The van der Waals surface area contributed by atoms with Crippen molar-refractivity contribution in [2.45, 2.75) is 4.17 Å². The molecule has 0 rings (SSSR count). The summed E-state index contributed by atoms with van der Waals surface area (Å²) < 4.78 is 58.4. The van der Waals surface area contributed by atoms with Crippen LogP contribution in [0.4, 0.5) is 0 Å². The van der Waals surface area contributed by atoms with Gasteiger partial charge in [0.15, 0.2) is 0 Å². The van der Waals surface area contributed by atoms with E-state index in [4.69, 9.17) is 8.32 Å². The monoisotopic (exact) mass is 256 g/mol. The van der Waals surface area contributed by atoms with Crippen LogP contribution < -0.4 is 0 Å². The summed E-state index contributed by atoms with van der Waals surface area (Å²) in [5.74, 6) is 0. The molecule has 0 fully saturated rings. The molecule has 0 aromatic heterocycles. The summed E-state index contributed by atoms with van der Waals surface area (Å²) >= 11 is -10.2. The maximum atomic E-state index is 9.53. The molecule has 0 aliphatic heterocycles. The second-order valence-corrected chi connectivity index (χ2v) is 4.68. The molecule has 2 N–H and O–H groups in total. The molecule has 0 unspecified atom stereocenters. The molecule has 0 heterocycles. The maximum absolute atomic E-state index is 9.53. The van der Waals surface area contributed by atoms with Crippen LogP contribution >= 0.6 is 0 Å². The average Bonchev–Trinajstić information content (AvgIpc) is 1.60. The molecule has 0 bridgehead atoms. The number of hydrogen-bond acceptors (Lipinski definition) is 5. The molecule has 64 valence electrons. The first-order chi connectivity index (χ1) is 4.71. The van der Waals surface area contributed by atoms with Crippen LogP contribution in [0.15, 0.2) is 0 Å². The van der Waals surface area contributed by atoms with Gasteiger partial charge in [0, 0.05) is 0 Å². The Labute approximate surface area is 84.9 Å². The molecule has 0 spiro atoms. The van der Waals surface area contributed by atoms with Gasteiger partial charge in [-0.25, -0.2) is 0 Å². The Morgan fingerprint density at radius 3 is 1.18 bits per heavy atom. The standard InChI is InChI=1S/CH3.2Cr.Na.2H2O.5O/h1H3;;;;2*1H2;;;;;/q;2*+1;;;;;;;;/p-2. The Balaban J connectivity index is 0. The van der Waals surface area contributed by atoms with Crippen molar-refractivity contribution in [1.82, 2.24) is 0 Å². The van der Waals surface area contributed by atoms with E-state index >= 15 is 0 Å². The second-order valence-electron chi connectivity index (χ2n) is 0.924. The number of hydrogen-bond donors (Lipinski definition) is 2. The van der Waals surface area contributed by atoms with Crippen molar-refractivity contribution >= 4 is 27.9 Å². The van der Waals surface area contributed by atoms with Crippen LogP contribution in [-0.4, -0.2) is 36.2 Å². The second kappa shape index (κ2) is 5.73. The third-order valence-corrected chi connectivity index (χ3v) is 2.92. The van der Waals surface area contributed by atoms with Crippen LogP contribution in [-0.2, 0) is 45.3 Å². The Hall–Kier alpha value is 1.14. The molecule has 11 heavy (non-hydrogen) atoms. The normalized spacial score (nSPS) is 11.7. The fraction of sp³-hybridized carbons (Fsp3) is 1.00. The van der Waals surface area contributed by atoms with Gasteiger partial charge in [-0.3, -0.25) is 0 Å². The first kappa shape index (κ1) is 14.7. The van der Waals surface area contributed by atoms with Gasteiger partial charge in [-0.15, -0.1) is 0 Å². The molecule has 7 nitrogen and oxygen atoms in total. The molecule has 0 amide bonds. The third kappa shape index (κ3) is 18.3. The van der Waals surface area contributed by atoms with Crippen molar-refractivity contribution in [3.8, 4) is 0 Å². The first-order valence-corrected chi connectivity index (χ1v) is 8.63. The quantitative estimate of drug-likeness (QED) is 0.579. The summed E-state index contributed by atoms with van der Waals surface area (Å²) in [7, 11) is 0. The third-order valence-electron chi connectivity index (χ3n) is 0.172. The molecule has 0 aromatic rings. The Kier molecular flexibility index (Phi) is 7.64. The topological polar surface area (TPSA) is 118 Å². The van der Waals surface area contributed by atoms with Crippen molar-refractivity contribution < 1.29 is 53.6 Å². The minimum atomic E-state index is -5.76. The van der Waals surface area contributed by atoms with Crippen molar-refractivity contribution in [2.24, 2.45) is 0 Å². The predicted molar refractivity (Wildman–Crippen MR) is 19.9 cm³/mol. The van der Waals surface area contributed by atoms with E-state index in [0.717, 1.165) is 0 Å². The van der Waals surface area contributed by atoms with E-state index in [2.05, 4.69) is 7.01 Å². The van der Waals surface area contributed by atoms with Crippen LogP contribution in [0.5, 0.6) is 0 Å². The number of rotatable bonds is 2. The SMILES string of the molecule is [CH3][Na].[O]=[Cr](=[O])([OH])[O][Cr](=[O])(=[O])[OH]. The van der Waals surface area contributed by atoms with Gasteiger partial charge in [0.25, 0.3) is 0 Å². The molecular formula is CH5Cr2NaO7. The van der Waals surface area contributed by atoms with Gasteiger partial charge in [-0.05, 0) is 0 Å². The molecule has 0 radical (unpaired) electrons. The van der Waals surface area contributed by atoms with Gasteiger partial charge >= 0.3 is 85.7 Å². The van der Waals surface area contributed by atoms with Crippen LogP contribution in [0.1, 0.15) is 0 Å². The summed E-state index contributed by atoms with van der Waals surface area (Å²) in [6.07, 6.45) is 0. The molecule has 0 atom stereocenters. The van der Waals surface area contributed by atoms with E-state index in [1.54, 1.807) is 0 Å². The summed E-state index contributed by atoms with van der Waals surface area (Å²) in [6, 6.07) is 0. The van der Waals surface area contributed by atoms with Crippen molar-refractivity contribution in [1.29, 1.82) is 0 Å². The van der Waals surface area contributed by atoms with Gasteiger partial charge in [0.2, 0.25) is 0 Å². The van der Waals surface area contributed by atoms with Gasteiger partial charge in [-0.2, -0.15) is 0 Å². The van der Waals surface area contributed by atoms with Crippen molar-refractivity contribution in [3.63, 3.8) is 0 Å². The van der Waals surface area contributed by atoms with Gasteiger partial charge in [0.05, 0.1) is 0 Å². The van der Waals surface area contributed by atoms with Crippen LogP contribution in [0.3, 0.4) is 0 Å². The van der Waals surface area contributed by atoms with E-state index in [9.17, 15) is 15.2 Å². The molecule has 0 aliphatic rings. The fourth-order valence-electron chi connectivity index (χ4n) is 0.109. The molecule has 0 saturated heterocycles. The summed E-state index contributed by atoms with van der Waals surface area (Å²) in [4.78, 5) is 0. The van der Waals surface area contributed by atoms with Crippen LogP contribution in [0.2, 0.25) is 4.17 Å². The molecule has 10 heteroatoms. The van der Waals surface area contributed by atoms with E-state index in [0.29, 0.717) is 0 Å². The molecule has 0 aliphatic carbocycles. The van der Waals surface area contributed by atoms with Crippen molar-refractivity contribution in [3.05, 3.63) is 0 Å². The zero-order valence-corrected chi connectivity index (χ0v) is 10.3. The summed E-state index contributed by atoms with van der Waals surface area (Å²) in [5, 5.41) is 0. The van der Waals surface area contributed by atoms with Gasteiger partial charge in [0.1, 0.15) is 0 Å². The molecule has 0 saturated carbocycles. The predicted octanol–water partition coefficient (Wildman–Crippen LogP) is -1.46. The zero-order valence-electron chi connectivity index (χ0n) is 5.75.